The van der Waals surface area contributed by atoms with Crippen LogP contribution in [0.1, 0.15) is 28.0 Å². The van der Waals surface area contributed by atoms with Gasteiger partial charge in [0.1, 0.15) is 5.82 Å². The summed E-state index contributed by atoms with van der Waals surface area (Å²) in [6.45, 7) is 4.09. The summed E-state index contributed by atoms with van der Waals surface area (Å²) in [5.41, 5.74) is 3.01. The van der Waals surface area contributed by atoms with E-state index in [4.69, 9.17) is 14.7 Å². The molecule has 1 aromatic carbocycles. The summed E-state index contributed by atoms with van der Waals surface area (Å²) in [4.78, 5) is 42.8. The van der Waals surface area contributed by atoms with Gasteiger partial charge in [0, 0.05) is 47.9 Å². The number of carbonyl (C=O) groups excluding carboxylic acids is 2. The molecule has 1 fully saturated rings. The molecule has 0 bridgehead atoms. The van der Waals surface area contributed by atoms with Gasteiger partial charge < -0.3 is 25.2 Å². The Labute approximate surface area is 222 Å². The summed E-state index contributed by atoms with van der Waals surface area (Å²) in [6.07, 6.45) is -0.412. The Morgan fingerprint density at radius 1 is 1.21 bits per heavy atom. The number of thiazole rings is 1. The minimum atomic E-state index is -2.62. The standard InChI is InChI=1S/C25H27F2N7O3S/c1-15-14-37-10-9-34(15)22-18-13-33(24(35)23-28-7-11-38-23)8-6-19(18)31-21(32-22)16-2-4-17(5-3-16)30-25(36)29-12-20(26)27/h2-5,7,11,15,20H,6,8-10,12-14H2,1H3,(H2,29,30,36). The highest BCUT2D eigenvalue weighted by Gasteiger charge is 2.31. The molecule has 3 aromatic rings. The molecule has 0 aliphatic carbocycles. The van der Waals surface area contributed by atoms with Gasteiger partial charge in [-0.15, -0.1) is 11.3 Å². The fraction of sp³-hybridized carbons (Fsp3) is 0.400. The zero-order valence-corrected chi connectivity index (χ0v) is 21.5. The molecule has 0 spiro atoms. The lowest BCUT2D eigenvalue weighted by molar-refractivity contribution is 0.0731. The molecule has 13 heteroatoms. The third-order valence-corrected chi connectivity index (χ3v) is 7.16. The summed E-state index contributed by atoms with van der Waals surface area (Å²) in [5, 5.41) is 6.89. The second-order valence-electron chi connectivity index (χ2n) is 9.03. The molecule has 2 aromatic heterocycles. The number of aromatic nitrogens is 3. The van der Waals surface area contributed by atoms with E-state index in [9.17, 15) is 18.4 Å². The molecule has 1 atom stereocenters. The maximum Gasteiger partial charge on any atom is 0.319 e. The number of ether oxygens (including phenoxy) is 1. The third kappa shape index (κ3) is 5.73. The lowest BCUT2D eigenvalue weighted by Gasteiger charge is -2.38. The molecule has 2 N–H and O–H groups in total. The van der Waals surface area contributed by atoms with Crippen LogP contribution < -0.4 is 15.5 Å². The normalized spacial score (nSPS) is 17.3. The average molecular weight is 544 g/mol. The van der Waals surface area contributed by atoms with Crippen LogP contribution in [0.15, 0.2) is 35.8 Å². The van der Waals surface area contributed by atoms with Crippen molar-refractivity contribution in [1.82, 2.24) is 25.2 Å². The van der Waals surface area contributed by atoms with Crippen molar-refractivity contribution in [3.63, 3.8) is 0 Å². The topological polar surface area (TPSA) is 113 Å². The van der Waals surface area contributed by atoms with Crippen molar-refractivity contribution in [3.8, 4) is 11.4 Å². The summed E-state index contributed by atoms with van der Waals surface area (Å²) in [5.74, 6) is 1.22. The molecule has 4 heterocycles. The Kier molecular flexibility index (Phi) is 7.74. The number of hydrogen-bond donors (Lipinski definition) is 2. The van der Waals surface area contributed by atoms with Crippen molar-refractivity contribution in [2.45, 2.75) is 32.4 Å². The van der Waals surface area contributed by atoms with Crippen molar-refractivity contribution in [3.05, 3.63) is 52.1 Å². The lowest BCUT2D eigenvalue weighted by atomic mass is 10.0. The summed E-state index contributed by atoms with van der Waals surface area (Å²) in [6, 6.07) is 6.29. The number of halogens is 2. The first-order valence-corrected chi connectivity index (χ1v) is 13.1. The number of carbonyl (C=O) groups is 2. The molecule has 0 saturated carbocycles. The van der Waals surface area contributed by atoms with Gasteiger partial charge in [-0.2, -0.15) is 0 Å². The van der Waals surface area contributed by atoms with Gasteiger partial charge in [-0.05, 0) is 31.2 Å². The molecule has 38 heavy (non-hydrogen) atoms. The van der Waals surface area contributed by atoms with Crippen LogP contribution in [0, 0.1) is 0 Å². The van der Waals surface area contributed by atoms with E-state index in [2.05, 4.69) is 27.4 Å². The van der Waals surface area contributed by atoms with E-state index in [1.165, 1.54) is 11.3 Å². The zero-order valence-electron chi connectivity index (χ0n) is 20.7. The van der Waals surface area contributed by atoms with Crippen LogP contribution >= 0.6 is 11.3 Å². The van der Waals surface area contributed by atoms with Crippen molar-refractivity contribution < 1.29 is 23.1 Å². The van der Waals surface area contributed by atoms with E-state index < -0.39 is 19.0 Å². The molecule has 0 radical (unpaired) electrons. The number of rotatable bonds is 6. The number of hydrogen-bond acceptors (Lipinski definition) is 8. The van der Waals surface area contributed by atoms with Crippen LogP contribution in [-0.2, 0) is 17.7 Å². The second-order valence-corrected chi connectivity index (χ2v) is 9.93. The highest BCUT2D eigenvalue weighted by atomic mass is 32.1. The van der Waals surface area contributed by atoms with Crippen molar-refractivity contribution >= 4 is 34.8 Å². The maximum atomic E-state index is 13.0. The predicted octanol–water partition coefficient (Wildman–Crippen LogP) is 3.41. The van der Waals surface area contributed by atoms with E-state index in [1.807, 2.05) is 0 Å². The number of fused-ring (bicyclic) bond motifs is 1. The van der Waals surface area contributed by atoms with Gasteiger partial charge in [-0.25, -0.2) is 28.5 Å². The smallest absolute Gasteiger partial charge is 0.319 e. The maximum absolute atomic E-state index is 13.0. The first-order valence-electron chi connectivity index (χ1n) is 12.3. The number of alkyl halides is 2. The number of urea groups is 1. The summed E-state index contributed by atoms with van der Waals surface area (Å²) < 4.78 is 30.3. The molecule has 200 valence electrons. The Bertz CT molecular complexity index is 1290. The van der Waals surface area contributed by atoms with E-state index in [1.54, 1.807) is 40.7 Å². The van der Waals surface area contributed by atoms with Crippen LogP contribution in [0.5, 0.6) is 0 Å². The number of amides is 3. The van der Waals surface area contributed by atoms with E-state index in [-0.39, 0.29) is 11.9 Å². The van der Waals surface area contributed by atoms with Gasteiger partial charge in [-0.1, -0.05) is 0 Å². The Hall–Kier alpha value is -3.71. The lowest BCUT2D eigenvalue weighted by Crippen LogP contribution is -2.46. The molecule has 2 aliphatic rings. The quantitative estimate of drug-likeness (QED) is 0.490. The number of morpholine rings is 1. The highest BCUT2D eigenvalue weighted by Crippen LogP contribution is 2.32. The van der Waals surface area contributed by atoms with Crippen molar-refractivity contribution in [1.29, 1.82) is 0 Å². The fourth-order valence-electron chi connectivity index (χ4n) is 4.49. The minimum Gasteiger partial charge on any atom is -0.377 e. The van der Waals surface area contributed by atoms with E-state index in [0.29, 0.717) is 55.8 Å². The van der Waals surface area contributed by atoms with Gasteiger partial charge in [0.15, 0.2) is 10.8 Å². The summed E-state index contributed by atoms with van der Waals surface area (Å²) >= 11 is 1.32. The molecule has 1 unspecified atom stereocenters. The van der Waals surface area contributed by atoms with Crippen molar-refractivity contribution in [2.24, 2.45) is 0 Å². The highest BCUT2D eigenvalue weighted by molar-refractivity contribution is 7.11. The molecular formula is C25H27F2N7O3S. The molecule has 5 rings (SSSR count). The van der Waals surface area contributed by atoms with Gasteiger partial charge in [0.25, 0.3) is 12.3 Å². The SMILES string of the molecule is CC1COCCN1c1nc(-c2ccc(NC(=O)NCC(F)F)cc2)nc2c1CN(C(=O)c1nccs1)CC2. The van der Waals surface area contributed by atoms with Crippen LogP contribution in [-0.4, -0.2) is 77.1 Å². The van der Waals surface area contributed by atoms with Crippen LogP contribution in [0.4, 0.5) is 25.1 Å². The Morgan fingerprint density at radius 3 is 2.74 bits per heavy atom. The van der Waals surface area contributed by atoms with E-state index in [0.717, 1.165) is 22.6 Å². The van der Waals surface area contributed by atoms with Crippen molar-refractivity contribution in [2.75, 3.05) is 43.1 Å². The number of benzene rings is 1. The molecule has 2 aliphatic heterocycles. The number of anilines is 2. The molecule has 10 nitrogen and oxygen atoms in total. The van der Waals surface area contributed by atoms with Gasteiger partial charge in [0.2, 0.25) is 0 Å². The van der Waals surface area contributed by atoms with Crippen LogP contribution in [0.25, 0.3) is 11.4 Å². The first kappa shape index (κ1) is 25.9. The first-order chi connectivity index (χ1) is 18.4. The predicted molar refractivity (Wildman–Crippen MR) is 139 cm³/mol. The third-order valence-electron chi connectivity index (χ3n) is 6.40. The average Bonchev–Trinajstić information content (AvgIpc) is 3.47. The molecule has 3 amide bonds. The molecular weight excluding hydrogens is 516 g/mol. The van der Waals surface area contributed by atoms with Gasteiger partial charge in [-0.3, -0.25) is 4.79 Å². The Morgan fingerprint density at radius 2 is 2.03 bits per heavy atom. The van der Waals surface area contributed by atoms with Gasteiger partial charge >= 0.3 is 6.03 Å². The number of nitrogens with zero attached hydrogens (tertiary/aromatic N) is 5. The largest absolute Gasteiger partial charge is 0.377 e. The monoisotopic (exact) mass is 543 g/mol. The van der Waals surface area contributed by atoms with Crippen LogP contribution in [0.3, 0.4) is 0 Å². The second kappa shape index (κ2) is 11.4. The fourth-order valence-corrected chi connectivity index (χ4v) is 5.09. The summed E-state index contributed by atoms with van der Waals surface area (Å²) in [7, 11) is 0. The zero-order chi connectivity index (χ0) is 26.6. The van der Waals surface area contributed by atoms with Crippen LogP contribution in [0.2, 0.25) is 0 Å². The molecule has 1 saturated heterocycles. The van der Waals surface area contributed by atoms with E-state index >= 15 is 0 Å². The number of nitrogens with one attached hydrogen (secondary N) is 2. The Balaban J connectivity index is 1.42. The van der Waals surface area contributed by atoms with Gasteiger partial charge in [0.05, 0.1) is 38.0 Å². The minimum absolute atomic E-state index is 0.0963.